The van der Waals surface area contributed by atoms with E-state index in [-0.39, 0.29) is 41.1 Å². The summed E-state index contributed by atoms with van der Waals surface area (Å²) in [7, 11) is 0. The summed E-state index contributed by atoms with van der Waals surface area (Å²) >= 11 is -2.91. The second-order valence-electron chi connectivity index (χ2n) is 18.2. The summed E-state index contributed by atoms with van der Waals surface area (Å²) in [6.45, 7) is 24.2. The van der Waals surface area contributed by atoms with Crippen molar-refractivity contribution in [3.63, 3.8) is 0 Å². The molecule has 0 spiro atoms. The van der Waals surface area contributed by atoms with Crippen molar-refractivity contribution in [2.75, 3.05) is 0 Å². The van der Waals surface area contributed by atoms with Crippen LogP contribution in [0.1, 0.15) is 133 Å². The van der Waals surface area contributed by atoms with Gasteiger partial charge in [0.2, 0.25) is 0 Å². The van der Waals surface area contributed by atoms with Crippen LogP contribution >= 0.6 is 0 Å². The Hall–Kier alpha value is -2.83. The molecule has 0 nitrogen and oxygen atoms in total. The Balaban J connectivity index is 0.00000249. The Bertz CT molecular complexity index is 2240. The Kier molecular flexibility index (Phi) is 11.3. The molecule has 0 heterocycles. The Labute approximate surface area is 345 Å². The third-order valence-electron chi connectivity index (χ3n) is 12.7. The average molecular weight is 831 g/mol. The SMILES string of the molecule is CCCCC1C=C(C(C)(C)C)C=[C]1[Zr+2]([C]1=C(C)c2cc3c(cc2C1(C)C)Cc1cc2c(cc1-3)C(C)=CC2(C)C)=[C](c1ccccc1)c1ccccc1.[Cl-].[Cl-]. The molecule has 0 aliphatic heterocycles. The summed E-state index contributed by atoms with van der Waals surface area (Å²) in [5, 5.41) is 0. The first-order valence-electron chi connectivity index (χ1n) is 19.8. The van der Waals surface area contributed by atoms with E-state index < -0.39 is 21.3 Å². The molecule has 278 valence electrons. The quantitative estimate of drug-likeness (QED) is 0.159. The number of benzene rings is 4. The molecule has 0 radical (unpaired) electrons. The Morgan fingerprint density at radius 2 is 1.30 bits per heavy atom. The molecule has 1 atom stereocenters. The fraction of sp³-hybridized carbons (Fsp3) is 0.353. The number of hydrogen-bond acceptors (Lipinski definition) is 0. The van der Waals surface area contributed by atoms with E-state index in [2.05, 4.69) is 172 Å². The van der Waals surface area contributed by atoms with E-state index in [4.69, 9.17) is 0 Å². The molecule has 0 saturated heterocycles. The predicted molar refractivity (Wildman–Crippen MR) is 222 cm³/mol. The molecule has 0 saturated carbocycles. The van der Waals surface area contributed by atoms with E-state index in [9.17, 15) is 0 Å². The van der Waals surface area contributed by atoms with Crippen molar-refractivity contribution in [3.05, 3.63) is 160 Å². The number of allylic oxidation sites excluding steroid dienone is 8. The number of hydrogen-bond donors (Lipinski definition) is 0. The van der Waals surface area contributed by atoms with Crippen LogP contribution in [0.2, 0.25) is 0 Å². The van der Waals surface area contributed by atoms with E-state index in [1.54, 1.807) is 20.9 Å². The van der Waals surface area contributed by atoms with Crippen LogP contribution in [-0.2, 0) is 38.5 Å². The van der Waals surface area contributed by atoms with Crippen molar-refractivity contribution in [1.29, 1.82) is 0 Å². The summed E-state index contributed by atoms with van der Waals surface area (Å²) < 4.78 is 5.17. The summed E-state index contributed by atoms with van der Waals surface area (Å²) in [5.74, 6) is 0.505. The monoisotopic (exact) mass is 828 g/mol. The molecule has 0 amide bonds. The van der Waals surface area contributed by atoms with Gasteiger partial charge in [-0.3, -0.25) is 0 Å². The minimum absolute atomic E-state index is 0. The zero-order valence-electron chi connectivity index (χ0n) is 34.0. The molecule has 0 fully saturated rings. The molecule has 3 heteroatoms. The van der Waals surface area contributed by atoms with Gasteiger partial charge in [0.15, 0.2) is 0 Å². The third-order valence-corrected chi connectivity index (χ3v) is 21.7. The van der Waals surface area contributed by atoms with Gasteiger partial charge < -0.3 is 24.8 Å². The van der Waals surface area contributed by atoms with Gasteiger partial charge in [-0.15, -0.1) is 0 Å². The standard InChI is InChI=1S/C25H25.C13H10.C13H21.2ClH.Zr/c1-14-12-24(3,4)22-8-16-7-17-9-23-19(15(2)13-25(23,5)6)11-21(17)20(16)10-18(14)22;1-3-7-12(8-4-1)11-13-9-5-2-6-10-13;1-5-6-7-11-8-9-12(10-11)13(2,3)4;;;/h8-12H,7H2,1-6H3;1-10H;9-11H,5-7H2,1-4H3;2*1H;/q;;;;;+2/p-2. The maximum atomic E-state index is 2.72. The zero-order valence-corrected chi connectivity index (χ0v) is 37.9. The molecule has 1 unspecified atom stereocenters. The van der Waals surface area contributed by atoms with Crippen LogP contribution in [0, 0.1) is 11.3 Å². The summed E-state index contributed by atoms with van der Waals surface area (Å²) in [5.41, 5.74) is 19.4. The zero-order chi connectivity index (χ0) is 36.7. The first-order valence-corrected chi connectivity index (χ1v) is 23.5. The third kappa shape index (κ3) is 6.73. The number of halogens is 2. The molecular formula is C51H56Cl2Zr. The Morgan fingerprint density at radius 3 is 1.85 bits per heavy atom. The molecule has 8 rings (SSSR count). The van der Waals surface area contributed by atoms with Gasteiger partial charge in [-0.2, -0.15) is 0 Å². The fourth-order valence-electron chi connectivity index (χ4n) is 10.0. The first kappa shape index (κ1) is 40.8. The second kappa shape index (κ2) is 14.9. The van der Waals surface area contributed by atoms with Gasteiger partial charge in [-0.05, 0) is 0 Å². The minimum atomic E-state index is -2.91. The van der Waals surface area contributed by atoms with E-state index in [1.807, 2.05) is 0 Å². The maximum absolute atomic E-state index is 2.91. The van der Waals surface area contributed by atoms with E-state index >= 15 is 0 Å². The molecule has 54 heavy (non-hydrogen) atoms. The predicted octanol–water partition coefficient (Wildman–Crippen LogP) is 7.55. The largest absolute Gasteiger partial charge is 1.00 e. The van der Waals surface area contributed by atoms with Gasteiger partial charge in [-0.1, -0.05) is 0 Å². The second-order valence-corrected chi connectivity index (χ2v) is 23.9. The summed E-state index contributed by atoms with van der Waals surface area (Å²) in [6.07, 6.45) is 12.6. The van der Waals surface area contributed by atoms with Crippen LogP contribution in [0.5, 0.6) is 0 Å². The topological polar surface area (TPSA) is 0 Å². The van der Waals surface area contributed by atoms with Gasteiger partial charge in [0.1, 0.15) is 0 Å². The molecule has 4 aliphatic carbocycles. The number of fused-ring (bicyclic) bond motifs is 5. The van der Waals surface area contributed by atoms with Crippen LogP contribution in [0.3, 0.4) is 0 Å². The average Bonchev–Trinajstić information content (AvgIpc) is 3.81. The molecule has 4 aliphatic rings. The molecular weight excluding hydrogens is 775 g/mol. The minimum Gasteiger partial charge on any atom is -1.00 e. The van der Waals surface area contributed by atoms with Crippen molar-refractivity contribution >= 4 is 14.4 Å². The van der Waals surface area contributed by atoms with Crippen LogP contribution in [0.4, 0.5) is 0 Å². The summed E-state index contributed by atoms with van der Waals surface area (Å²) in [4.78, 5) is 0. The molecule has 4 aromatic carbocycles. The Morgan fingerprint density at radius 1 is 0.741 bits per heavy atom. The fourth-order valence-corrected chi connectivity index (χ4v) is 19.6. The maximum Gasteiger partial charge on any atom is -1.00 e. The van der Waals surface area contributed by atoms with Crippen LogP contribution in [0.15, 0.2) is 115 Å². The molecule has 0 N–H and O–H groups in total. The van der Waals surface area contributed by atoms with Gasteiger partial charge in [0.05, 0.1) is 0 Å². The van der Waals surface area contributed by atoms with Crippen LogP contribution in [0.25, 0.3) is 22.3 Å². The smallest absolute Gasteiger partial charge is 1.00 e. The van der Waals surface area contributed by atoms with Crippen molar-refractivity contribution in [3.8, 4) is 11.1 Å². The first-order chi connectivity index (χ1) is 24.7. The van der Waals surface area contributed by atoms with Gasteiger partial charge >= 0.3 is 324 Å². The molecule has 4 aromatic rings. The van der Waals surface area contributed by atoms with E-state index in [1.165, 1.54) is 80.5 Å². The van der Waals surface area contributed by atoms with Crippen LogP contribution in [-0.4, -0.2) is 3.21 Å². The number of rotatable bonds is 7. The normalized spacial score (nSPS) is 18.2. The van der Waals surface area contributed by atoms with Crippen LogP contribution < -0.4 is 24.8 Å². The number of unbranched alkanes of at least 4 members (excludes halogenated alkanes) is 1. The van der Waals surface area contributed by atoms with Crippen molar-refractivity contribution in [2.24, 2.45) is 11.3 Å². The molecule has 0 bridgehead atoms. The van der Waals surface area contributed by atoms with Crippen molar-refractivity contribution in [2.45, 2.75) is 106 Å². The van der Waals surface area contributed by atoms with Gasteiger partial charge in [-0.25, -0.2) is 0 Å². The van der Waals surface area contributed by atoms with Gasteiger partial charge in [0, 0.05) is 0 Å². The van der Waals surface area contributed by atoms with Gasteiger partial charge in [0.25, 0.3) is 0 Å². The van der Waals surface area contributed by atoms with E-state index in [0.29, 0.717) is 5.92 Å². The molecule has 0 aromatic heterocycles. The van der Waals surface area contributed by atoms with Crippen molar-refractivity contribution < 1.29 is 46.1 Å². The summed E-state index contributed by atoms with van der Waals surface area (Å²) in [6, 6.07) is 33.3. The van der Waals surface area contributed by atoms with E-state index in [0.717, 1.165) is 6.42 Å². The van der Waals surface area contributed by atoms with Crippen molar-refractivity contribution in [1.82, 2.24) is 0 Å².